The Morgan fingerprint density at radius 2 is 1.64 bits per heavy atom. The maximum absolute atomic E-state index is 14.1. The number of dihydropyridines is 1. The predicted octanol–water partition coefficient (Wildman–Crippen LogP) is 6.11. The van der Waals surface area contributed by atoms with Crippen LogP contribution < -0.4 is 29.6 Å². The van der Waals surface area contributed by atoms with Crippen LogP contribution in [0.5, 0.6) is 23.0 Å². The third-order valence-electron chi connectivity index (χ3n) is 7.83. The second kappa shape index (κ2) is 12.4. The van der Waals surface area contributed by atoms with Gasteiger partial charge in [0.1, 0.15) is 11.5 Å². The van der Waals surface area contributed by atoms with Gasteiger partial charge in [0.05, 0.1) is 33.9 Å². The fourth-order valence-electron chi connectivity index (χ4n) is 5.87. The molecule has 0 spiro atoms. The predicted molar refractivity (Wildman–Crippen MR) is 161 cm³/mol. The number of benzene rings is 3. The molecule has 8 nitrogen and oxygen atoms in total. The van der Waals surface area contributed by atoms with E-state index in [1.54, 1.807) is 45.6 Å². The summed E-state index contributed by atoms with van der Waals surface area (Å²) in [6.07, 6.45) is 0.907. The van der Waals surface area contributed by atoms with Gasteiger partial charge in [-0.3, -0.25) is 9.59 Å². The molecular weight excluding hydrogens is 532 g/mol. The fraction of sp³-hybridized carbons (Fsp3) is 0.294. The molecule has 1 heterocycles. The van der Waals surface area contributed by atoms with Crippen molar-refractivity contribution in [1.82, 2.24) is 5.32 Å². The first-order valence-electron chi connectivity index (χ1n) is 14.0. The lowest BCUT2D eigenvalue weighted by molar-refractivity contribution is -0.116. The summed E-state index contributed by atoms with van der Waals surface area (Å²) in [5.74, 6) is 1.64. The van der Waals surface area contributed by atoms with Crippen molar-refractivity contribution in [2.75, 3.05) is 33.3 Å². The van der Waals surface area contributed by atoms with Gasteiger partial charge in [0, 0.05) is 40.2 Å². The summed E-state index contributed by atoms with van der Waals surface area (Å²) in [6, 6.07) is 20.6. The van der Waals surface area contributed by atoms with Crippen LogP contribution in [0.1, 0.15) is 49.7 Å². The molecule has 0 saturated heterocycles. The fourth-order valence-corrected chi connectivity index (χ4v) is 5.87. The normalized spacial score (nSPS) is 18.2. The number of allylic oxidation sites excluding steroid dienone is 3. The van der Waals surface area contributed by atoms with Crippen molar-refractivity contribution in [2.24, 2.45) is 0 Å². The van der Waals surface area contributed by atoms with Gasteiger partial charge in [0.2, 0.25) is 0 Å². The smallest absolute Gasteiger partial charge is 0.254 e. The lowest BCUT2D eigenvalue weighted by Crippen LogP contribution is -2.37. The first-order valence-corrected chi connectivity index (χ1v) is 14.0. The maximum atomic E-state index is 14.1. The Kier molecular flexibility index (Phi) is 8.52. The number of para-hydroxylation sites is 1. The number of carbonyl (C=O) groups is 2. The molecule has 2 aliphatic rings. The average Bonchev–Trinajstić information content (AvgIpc) is 3.00. The van der Waals surface area contributed by atoms with E-state index in [9.17, 15) is 9.59 Å². The molecule has 42 heavy (non-hydrogen) atoms. The van der Waals surface area contributed by atoms with E-state index >= 15 is 0 Å². The second-order valence-electron chi connectivity index (χ2n) is 10.3. The highest BCUT2D eigenvalue weighted by Crippen LogP contribution is 2.48. The molecule has 2 atom stereocenters. The number of nitrogens with one attached hydrogen (secondary N) is 2. The van der Waals surface area contributed by atoms with Crippen LogP contribution in [0.15, 0.2) is 89.3 Å². The van der Waals surface area contributed by atoms with E-state index in [2.05, 4.69) is 10.6 Å². The van der Waals surface area contributed by atoms with Gasteiger partial charge in [-0.15, -0.1) is 0 Å². The molecule has 3 aromatic rings. The molecule has 0 unspecified atom stereocenters. The molecule has 5 rings (SSSR count). The molecule has 1 amide bonds. The van der Waals surface area contributed by atoms with E-state index in [1.165, 1.54) is 0 Å². The Morgan fingerprint density at radius 3 is 2.33 bits per heavy atom. The Morgan fingerprint density at radius 1 is 0.905 bits per heavy atom. The molecule has 0 bridgehead atoms. The van der Waals surface area contributed by atoms with Gasteiger partial charge in [-0.25, -0.2) is 0 Å². The number of methoxy groups -OCH3 is 3. The lowest BCUT2D eigenvalue weighted by Gasteiger charge is -2.37. The van der Waals surface area contributed by atoms with Crippen LogP contribution in [0.25, 0.3) is 0 Å². The van der Waals surface area contributed by atoms with Gasteiger partial charge in [-0.1, -0.05) is 24.3 Å². The summed E-state index contributed by atoms with van der Waals surface area (Å²) in [4.78, 5) is 28.0. The van der Waals surface area contributed by atoms with Gasteiger partial charge in [0.15, 0.2) is 17.3 Å². The van der Waals surface area contributed by atoms with E-state index in [-0.39, 0.29) is 17.6 Å². The van der Waals surface area contributed by atoms with Crippen LogP contribution in [0.2, 0.25) is 0 Å². The van der Waals surface area contributed by atoms with Crippen LogP contribution in [-0.2, 0) is 9.59 Å². The second-order valence-corrected chi connectivity index (χ2v) is 10.3. The van der Waals surface area contributed by atoms with Crippen molar-refractivity contribution in [1.29, 1.82) is 0 Å². The third kappa shape index (κ3) is 5.57. The molecule has 0 radical (unpaired) electrons. The highest BCUT2D eigenvalue weighted by Gasteiger charge is 2.42. The molecule has 218 valence electrons. The van der Waals surface area contributed by atoms with Crippen LogP contribution >= 0.6 is 0 Å². The van der Waals surface area contributed by atoms with E-state index in [0.717, 1.165) is 16.8 Å². The zero-order valence-corrected chi connectivity index (χ0v) is 24.6. The van der Waals surface area contributed by atoms with Gasteiger partial charge in [0.25, 0.3) is 5.91 Å². The summed E-state index contributed by atoms with van der Waals surface area (Å²) in [7, 11) is 4.80. The Labute approximate surface area is 246 Å². The first kappa shape index (κ1) is 28.8. The summed E-state index contributed by atoms with van der Waals surface area (Å²) in [5, 5.41) is 6.47. The Balaban J connectivity index is 1.56. The quantitative estimate of drug-likeness (QED) is 0.322. The molecule has 8 heteroatoms. The third-order valence-corrected chi connectivity index (χ3v) is 7.83. The minimum atomic E-state index is -0.596. The van der Waals surface area contributed by atoms with Crippen LogP contribution in [0.3, 0.4) is 0 Å². The van der Waals surface area contributed by atoms with E-state index in [1.807, 2.05) is 56.3 Å². The molecular formula is C34H36N2O6. The van der Waals surface area contributed by atoms with Crippen molar-refractivity contribution in [3.63, 3.8) is 0 Å². The van der Waals surface area contributed by atoms with Crippen LogP contribution in [0.4, 0.5) is 5.69 Å². The minimum absolute atomic E-state index is 0.0120. The number of hydrogen-bond acceptors (Lipinski definition) is 7. The van der Waals surface area contributed by atoms with Crippen LogP contribution in [-0.4, -0.2) is 39.6 Å². The highest BCUT2D eigenvalue weighted by atomic mass is 16.5. The maximum Gasteiger partial charge on any atom is 0.254 e. The number of ether oxygens (including phenoxy) is 4. The minimum Gasteiger partial charge on any atom is -0.497 e. The zero-order valence-electron chi connectivity index (χ0n) is 24.6. The topological polar surface area (TPSA) is 95.1 Å². The zero-order chi connectivity index (χ0) is 29.8. The number of ketones is 1. The number of carbonyl (C=O) groups excluding carboxylic acids is 2. The summed E-state index contributed by atoms with van der Waals surface area (Å²) in [5.41, 5.74) is 4.99. The van der Waals surface area contributed by atoms with E-state index < -0.39 is 5.92 Å². The molecule has 0 saturated carbocycles. The van der Waals surface area contributed by atoms with Crippen molar-refractivity contribution >= 4 is 17.4 Å². The molecule has 1 aliphatic carbocycles. The van der Waals surface area contributed by atoms with Crippen molar-refractivity contribution in [2.45, 2.75) is 38.5 Å². The number of rotatable bonds is 9. The number of amides is 1. The van der Waals surface area contributed by atoms with Crippen LogP contribution in [0, 0.1) is 0 Å². The van der Waals surface area contributed by atoms with Gasteiger partial charge in [-0.05, 0) is 74.2 Å². The number of hydrogen-bond donors (Lipinski definition) is 2. The lowest BCUT2D eigenvalue weighted by atomic mass is 9.71. The highest BCUT2D eigenvalue weighted by molar-refractivity contribution is 6.10. The Bertz CT molecular complexity index is 1560. The van der Waals surface area contributed by atoms with Crippen molar-refractivity contribution < 1.29 is 28.5 Å². The van der Waals surface area contributed by atoms with Gasteiger partial charge in [-0.2, -0.15) is 0 Å². The van der Waals surface area contributed by atoms with Gasteiger partial charge >= 0.3 is 0 Å². The summed E-state index contributed by atoms with van der Waals surface area (Å²) >= 11 is 0. The van der Waals surface area contributed by atoms with E-state index in [0.29, 0.717) is 65.0 Å². The van der Waals surface area contributed by atoms with E-state index in [4.69, 9.17) is 18.9 Å². The SMILES string of the molecule is CCOc1ccccc1[C@@H]1C(C(=O)Nc2ccc(OC)cc2)=C(C)NC2=C1C(=O)C[C@@H](c1ccc(OC)c(OC)c1)C2. The molecule has 0 aromatic heterocycles. The standard InChI is InChI=1S/C34H36N2O6/c1-6-42-28-10-8-7-9-25(28)32-31(34(38)36-23-12-14-24(39-3)15-13-23)20(2)35-26-17-22(18-27(37)33(26)32)21-11-16-29(40-4)30(19-21)41-5/h7-16,19,22,32,35H,6,17-18H2,1-5H3,(H,36,38)/t22-,32+/m0/s1. The number of Topliss-reactive ketones (excluding diaryl/α,β-unsaturated/α-hetero) is 1. The summed E-state index contributed by atoms with van der Waals surface area (Å²) in [6.45, 7) is 4.26. The number of anilines is 1. The molecule has 1 aliphatic heterocycles. The largest absolute Gasteiger partial charge is 0.497 e. The average molecular weight is 569 g/mol. The Hall–Kier alpha value is -4.72. The summed E-state index contributed by atoms with van der Waals surface area (Å²) < 4.78 is 22.2. The van der Waals surface area contributed by atoms with Crippen molar-refractivity contribution in [3.05, 3.63) is 100 Å². The molecule has 3 aromatic carbocycles. The molecule has 0 fully saturated rings. The first-order chi connectivity index (χ1) is 20.4. The van der Waals surface area contributed by atoms with Crippen molar-refractivity contribution in [3.8, 4) is 23.0 Å². The van der Waals surface area contributed by atoms with Gasteiger partial charge < -0.3 is 29.6 Å². The molecule has 2 N–H and O–H groups in total. The monoisotopic (exact) mass is 568 g/mol.